The number of carbonyl (C=O) groups excluding carboxylic acids is 1. The summed E-state index contributed by atoms with van der Waals surface area (Å²) in [5.41, 5.74) is 0.977. The normalized spacial score (nSPS) is 14.5. The van der Waals surface area contributed by atoms with Crippen molar-refractivity contribution >= 4 is 17.4 Å². The van der Waals surface area contributed by atoms with Crippen LogP contribution in [0.5, 0.6) is 5.75 Å². The van der Waals surface area contributed by atoms with Crippen LogP contribution in [-0.2, 0) is 0 Å². The molecule has 0 bridgehead atoms. The van der Waals surface area contributed by atoms with Crippen molar-refractivity contribution in [2.45, 2.75) is 58.6 Å². The molecule has 0 spiro atoms. The van der Waals surface area contributed by atoms with Crippen molar-refractivity contribution in [2.24, 2.45) is 0 Å². The van der Waals surface area contributed by atoms with Gasteiger partial charge in [0.15, 0.2) is 0 Å². The van der Waals surface area contributed by atoms with Crippen molar-refractivity contribution in [3.05, 3.63) is 41.9 Å². The molecule has 6 heteroatoms. The summed E-state index contributed by atoms with van der Waals surface area (Å²) in [7, 11) is 0. The molecule has 26 heavy (non-hydrogen) atoms. The van der Waals surface area contributed by atoms with E-state index in [-0.39, 0.29) is 12.0 Å². The molecule has 1 aromatic heterocycles. The zero-order valence-electron chi connectivity index (χ0n) is 15.6. The van der Waals surface area contributed by atoms with Gasteiger partial charge in [0, 0.05) is 12.1 Å². The molecular weight excluding hydrogens is 328 g/mol. The Kier molecular flexibility index (Phi) is 5.71. The second-order valence-electron chi connectivity index (χ2n) is 6.93. The van der Waals surface area contributed by atoms with Gasteiger partial charge in [-0.3, -0.25) is 4.79 Å². The average Bonchev–Trinajstić information content (AvgIpc) is 3.08. The molecular formula is C20H26N4O2. The van der Waals surface area contributed by atoms with Gasteiger partial charge < -0.3 is 15.4 Å². The standard InChI is InChI=1S/C20H26N4O2/c1-13(2)26-18-11-7-6-10-16(18)24-20(25)17-12-19(22-14(3)21-17)23-15-8-4-5-9-15/h6-7,10-13,15H,4-5,8-9H2,1-3H3,(H,24,25)(H,21,22,23). The topological polar surface area (TPSA) is 76.1 Å². The Labute approximate surface area is 154 Å². The lowest BCUT2D eigenvalue weighted by Gasteiger charge is -2.16. The second-order valence-corrected chi connectivity index (χ2v) is 6.93. The summed E-state index contributed by atoms with van der Waals surface area (Å²) in [6, 6.07) is 9.55. The maximum atomic E-state index is 12.7. The van der Waals surface area contributed by atoms with Gasteiger partial charge >= 0.3 is 0 Å². The lowest BCUT2D eigenvalue weighted by Crippen LogP contribution is -2.19. The van der Waals surface area contributed by atoms with Crippen molar-refractivity contribution in [1.29, 1.82) is 0 Å². The number of nitrogens with one attached hydrogen (secondary N) is 2. The third-order valence-corrected chi connectivity index (χ3v) is 4.28. The number of rotatable bonds is 6. The molecule has 0 unspecified atom stereocenters. The molecule has 2 N–H and O–H groups in total. The molecule has 0 atom stereocenters. The molecule has 6 nitrogen and oxygen atoms in total. The summed E-state index contributed by atoms with van der Waals surface area (Å²) in [4.78, 5) is 21.4. The van der Waals surface area contributed by atoms with Crippen LogP contribution in [0.1, 0.15) is 55.8 Å². The minimum atomic E-state index is -0.273. The van der Waals surface area contributed by atoms with Crippen molar-refractivity contribution in [1.82, 2.24) is 9.97 Å². The molecule has 3 rings (SSSR count). The van der Waals surface area contributed by atoms with E-state index in [1.54, 1.807) is 13.0 Å². The molecule has 1 saturated carbocycles. The van der Waals surface area contributed by atoms with Crippen molar-refractivity contribution in [3.8, 4) is 5.75 Å². The highest BCUT2D eigenvalue weighted by Crippen LogP contribution is 2.26. The van der Waals surface area contributed by atoms with Gasteiger partial charge in [-0.15, -0.1) is 0 Å². The monoisotopic (exact) mass is 354 g/mol. The fourth-order valence-corrected chi connectivity index (χ4v) is 3.15. The lowest BCUT2D eigenvalue weighted by atomic mass is 10.2. The molecule has 2 aromatic rings. The largest absolute Gasteiger partial charge is 0.489 e. The van der Waals surface area contributed by atoms with Gasteiger partial charge in [0.2, 0.25) is 0 Å². The van der Waals surface area contributed by atoms with Gasteiger partial charge in [-0.05, 0) is 45.7 Å². The lowest BCUT2D eigenvalue weighted by molar-refractivity contribution is 0.102. The van der Waals surface area contributed by atoms with E-state index in [0.29, 0.717) is 34.8 Å². The van der Waals surface area contributed by atoms with E-state index < -0.39 is 0 Å². The van der Waals surface area contributed by atoms with Crippen molar-refractivity contribution in [3.63, 3.8) is 0 Å². The van der Waals surface area contributed by atoms with Gasteiger partial charge in [-0.25, -0.2) is 9.97 Å². The Bertz CT molecular complexity index is 770. The SMILES string of the molecule is Cc1nc(NC2CCCC2)cc(C(=O)Nc2ccccc2OC(C)C)n1. The second kappa shape index (κ2) is 8.17. The molecule has 1 heterocycles. The summed E-state index contributed by atoms with van der Waals surface area (Å²) in [6.45, 7) is 5.70. The van der Waals surface area contributed by atoms with Gasteiger partial charge in [0.1, 0.15) is 23.1 Å². The molecule has 1 aromatic carbocycles. The van der Waals surface area contributed by atoms with Crippen LogP contribution in [0.3, 0.4) is 0 Å². The Balaban J connectivity index is 1.76. The highest BCUT2D eigenvalue weighted by Gasteiger charge is 2.18. The minimum Gasteiger partial charge on any atom is -0.489 e. The molecule has 1 aliphatic carbocycles. The van der Waals surface area contributed by atoms with Crippen LogP contribution >= 0.6 is 0 Å². The van der Waals surface area contributed by atoms with Crippen molar-refractivity contribution in [2.75, 3.05) is 10.6 Å². The summed E-state index contributed by atoms with van der Waals surface area (Å²) in [5, 5.41) is 6.32. The Morgan fingerprint density at radius 1 is 1.19 bits per heavy atom. The first-order chi connectivity index (χ1) is 12.5. The molecule has 1 amide bonds. The number of aryl methyl sites for hydroxylation is 1. The number of nitrogens with zero attached hydrogens (tertiary/aromatic N) is 2. The maximum Gasteiger partial charge on any atom is 0.274 e. The Morgan fingerprint density at radius 3 is 2.65 bits per heavy atom. The van der Waals surface area contributed by atoms with Crippen LogP contribution in [0.25, 0.3) is 0 Å². The van der Waals surface area contributed by atoms with Crippen LogP contribution in [-0.4, -0.2) is 28.0 Å². The molecule has 138 valence electrons. The minimum absolute atomic E-state index is 0.0246. The summed E-state index contributed by atoms with van der Waals surface area (Å²) >= 11 is 0. The highest BCUT2D eigenvalue weighted by atomic mass is 16.5. The smallest absolute Gasteiger partial charge is 0.274 e. The fourth-order valence-electron chi connectivity index (χ4n) is 3.15. The van der Waals surface area contributed by atoms with E-state index >= 15 is 0 Å². The predicted octanol–water partition coefficient (Wildman–Crippen LogP) is 4.18. The molecule has 1 aliphatic rings. The zero-order chi connectivity index (χ0) is 18.5. The first kappa shape index (κ1) is 18.2. The number of hydrogen-bond acceptors (Lipinski definition) is 5. The molecule has 0 saturated heterocycles. The van der Waals surface area contributed by atoms with E-state index in [1.165, 1.54) is 12.8 Å². The Morgan fingerprint density at radius 2 is 1.92 bits per heavy atom. The third-order valence-electron chi connectivity index (χ3n) is 4.28. The number of amides is 1. The first-order valence-electron chi connectivity index (χ1n) is 9.20. The number of hydrogen-bond donors (Lipinski definition) is 2. The van der Waals surface area contributed by atoms with E-state index in [2.05, 4.69) is 20.6 Å². The van der Waals surface area contributed by atoms with Gasteiger partial charge in [0.05, 0.1) is 11.8 Å². The number of anilines is 2. The molecule has 0 aliphatic heterocycles. The van der Waals surface area contributed by atoms with E-state index in [1.807, 2.05) is 38.1 Å². The number of para-hydroxylation sites is 2. The van der Waals surface area contributed by atoms with Gasteiger partial charge in [-0.1, -0.05) is 25.0 Å². The first-order valence-corrected chi connectivity index (χ1v) is 9.20. The Hall–Kier alpha value is -2.63. The number of aromatic nitrogens is 2. The number of ether oxygens (including phenoxy) is 1. The summed E-state index contributed by atoms with van der Waals surface area (Å²) in [6.07, 6.45) is 4.79. The van der Waals surface area contributed by atoms with Gasteiger partial charge in [-0.2, -0.15) is 0 Å². The summed E-state index contributed by atoms with van der Waals surface area (Å²) in [5.74, 6) is 1.65. The van der Waals surface area contributed by atoms with Crippen LogP contribution in [0.2, 0.25) is 0 Å². The highest BCUT2D eigenvalue weighted by molar-refractivity contribution is 6.04. The summed E-state index contributed by atoms with van der Waals surface area (Å²) < 4.78 is 5.76. The van der Waals surface area contributed by atoms with E-state index in [0.717, 1.165) is 12.8 Å². The predicted molar refractivity (Wildman–Crippen MR) is 103 cm³/mol. The van der Waals surface area contributed by atoms with Crippen LogP contribution < -0.4 is 15.4 Å². The zero-order valence-corrected chi connectivity index (χ0v) is 15.6. The average molecular weight is 354 g/mol. The fraction of sp³-hybridized carbons (Fsp3) is 0.450. The molecule has 0 radical (unpaired) electrons. The van der Waals surface area contributed by atoms with Crippen LogP contribution in [0.15, 0.2) is 30.3 Å². The molecule has 1 fully saturated rings. The van der Waals surface area contributed by atoms with Crippen molar-refractivity contribution < 1.29 is 9.53 Å². The number of carbonyl (C=O) groups is 1. The quantitative estimate of drug-likeness (QED) is 0.814. The third kappa shape index (κ3) is 4.71. The van der Waals surface area contributed by atoms with Gasteiger partial charge in [0.25, 0.3) is 5.91 Å². The van der Waals surface area contributed by atoms with Crippen LogP contribution in [0.4, 0.5) is 11.5 Å². The van der Waals surface area contributed by atoms with Crippen LogP contribution in [0, 0.1) is 6.92 Å². The van der Waals surface area contributed by atoms with E-state index in [9.17, 15) is 4.79 Å². The van der Waals surface area contributed by atoms with E-state index in [4.69, 9.17) is 4.74 Å². The maximum absolute atomic E-state index is 12.7. The number of benzene rings is 1.